The summed E-state index contributed by atoms with van der Waals surface area (Å²) >= 11 is 0. The molecule has 5 nitrogen and oxygen atoms in total. The van der Waals surface area contributed by atoms with Gasteiger partial charge in [-0.15, -0.1) is 0 Å². The number of aromatic nitrogens is 1. The predicted octanol–water partition coefficient (Wildman–Crippen LogP) is 4.75. The van der Waals surface area contributed by atoms with Crippen molar-refractivity contribution in [2.24, 2.45) is 5.41 Å². The molecule has 0 bridgehead atoms. The van der Waals surface area contributed by atoms with E-state index >= 15 is 0 Å². The van der Waals surface area contributed by atoms with E-state index in [2.05, 4.69) is 31.3 Å². The lowest BCUT2D eigenvalue weighted by molar-refractivity contribution is -0.118. The zero-order valence-electron chi connectivity index (χ0n) is 18.0. The van der Waals surface area contributed by atoms with Crippen molar-refractivity contribution in [3.05, 3.63) is 57.9 Å². The standard InChI is InChI=1S/C25H29N3O2/c1-25(2)12-18-21(19(29)13-25)20(14-8-10-15(30-3)11-9-14)22-23(26)16-6-4-5-7-17(16)27-24(22)28-18/h8-11,20H,4-7,12-13H2,1-3H3,(H3,26,27,28)/t20-/m0/s1. The van der Waals surface area contributed by atoms with E-state index < -0.39 is 0 Å². The van der Waals surface area contributed by atoms with Crippen LogP contribution in [0.2, 0.25) is 0 Å². The van der Waals surface area contributed by atoms with Crippen molar-refractivity contribution < 1.29 is 9.53 Å². The molecule has 0 saturated carbocycles. The number of hydrogen-bond donors (Lipinski definition) is 2. The first-order valence-corrected chi connectivity index (χ1v) is 10.9. The molecule has 1 aromatic carbocycles. The zero-order valence-corrected chi connectivity index (χ0v) is 18.0. The number of fused-ring (bicyclic) bond motifs is 2. The van der Waals surface area contributed by atoms with Gasteiger partial charge in [0.15, 0.2) is 5.78 Å². The number of methoxy groups -OCH3 is 1. The molecule has 1 atom stereocenters. The lowest BCUT2D eigenvalue weighted by Crippen LogP contribution is -2.35. The number of allylic oxidation sites excluding steroid dienone is 2. The Morgan fingerprint density at radius 3 is 2.60 bits per heavy atom. The number of pyridine rings is 1. The Morgan fingerprint density at radius 1 is 1.13 bits per heavy atom. The fourth-order valence-electron chi connectivity index (χ4n) is 5.37. The number of carbonyl (C=O) groups is 1. The predicted molar refractivity (Wildman–Crippen MR) is 119 cm³/mol. The van der Waals surface area contributed by atoms with Gasteiger partial charge in [-0.2, -0.15) is 0 Å². The molecule has 2 aromatic rings. The smallest absolute Gasteiger partial charge is 0.162 e. The number of benzene rings is 1. The van der Waals surface area contributed by atoms with Crippen LogP contribution >= 0.6 is 0 Å². The SMILES string of the molecule is COc1ccc([C@H]2C3=C(CC(C)(C)CC3=O)Nc3nc4c(c(N)c32)CCCC4)cc1. The largest absolute Gasteiger partial charge is 0.497 e. The van der Waals surface area contributed by atoms with Crippen molar-refractivity contribution in [2.75, 3.05) is 18.2 Å². The highest BCUT2D eigenvalue weighted by Crippen LogP contribution is 2.51. The quantitative estimate of drug-likeness (QED) is 0.756. The number of Topliss-reactive ketones (excluding diaryl/α,β-unsaturated/α-hetero) is 1. The number of aryl methyl sites for hydroxylation is 1. The van der Waals surface area contributed by atoms with Crippen LogP contribution in [0.1, 0.15) is 67.8 Å². The molecule has 0 fully saturated rings. The Hall–Kier alpha value is -2.82. The van der Waals surface area contributed by atoms with E-state index in [4.69, 9.17) is 15.5 Å². The first-order chi connectivity index (χ1) is 14.4. The highest BCUT2D eigenvalue weighted by Gasteiger charge is 2.42. The number of ether oxygens (including phenoxy) is 1. The van der Waals surface area contributed by atoms with E-state index in [1.807, 2.05) is 12.1 Å². The van der Waals surface area contributed by atoms with Gasteiger partial charge in [0.2, 0.25) is 0 Å². The first-order valence-electron chi connectivity index (χ1n) is 10.9. The molecule has 2 heterocycles. The maximum Gasteiger partial charge on any atom is 0.162 e. The average Bonchev–Trinajstić information content (AvgIpc) is 2.71. The minimum absolute atomic E-state index is 0.0649. The maximum atomic E-state index is 13.4. The van der Waals surface area contributed by atoms with Gasteiger partial charge in [-0.1, -0.05) is 26.0 Å². The van der Waals surface area contributed by atoms with E-state index in [0.29, 0.717) is 6.42 Å². The molecule has 0 amide bonds. The van der Waals surface area contributed by atoms with E-state index in [1.54, 1.807) is 7.11 Å². The van der Waals surface area contributed by atoms with Crippen molar-refractivity contribution in [1.29, 1.82) is 0 Å². The van der Waals surface area contributed by atoms with E-state index in [0.717, 1.165) is 77.4 Å². The first kappa shape index (κ1) is 19.2. The average molecular weight is 404 g/mol. The molecule has 1 aliphatic heterocycles. The van der Waals surface area contributed by atoms with Gasteiger partial charge in [0.1, 0.15) is 11.6 Å². The van der Waals surface area contributed by atoms with Gasteiger partial charge >= 0.3 is 0 Å². The van der Waals surface area contributed by atoms with Crippen molar-refractivity contribution in [3.8, 4) is 5.75 Å². The molecule has 5 heteroatoms. The molecule has 156 valence electrons. The Bertz CT molecular complexity index is 1070. The Balaban J connectivity index is 1.74. The van der Waals surface area contributed by atoms with Gasteiger partial charge < -0.3 is 15.8 Å². The molecule has 3 N–H and O–H groups in total. The number of carbonyl (C=O) groups excluding carboxylic acids is 1. The number of anilines is 2. The van der Waals surface area contributed by atoms with Gasteiger partial charge in [0, 0.05) is 40.6 Å². The van der Waals surface area contributed by atoms with Gasteiger partial charge in [-0.3, -0.25) is 4.79 Å². The van der Waals surface area contributed by atoms with Gasteiger partial charge in [0.25, 0.3) is 0 Å². The summed E-state index contributed by atoms with van der Waals surface area (Å²) in [4.78, 5) is 18.4. The summed E-state index contributed by atoms with van der Waals surface area (Å²) in [5.41, 5.74) is 13.7. The Kier molecular flexibility index (Phi) is 4.38. The van der Waals surface area contributed by atoms with Crippen LogP contribution in [0.3, 0.4) is 0 Å². The summed E-state index contributed by atoms with van der Waals surface area (Å²) in [6.45, 7) is 4.31. The maximum absolute atomic E-state index is 13.4. The van der Waals surface area contributed by atoms with Crippen LogP contribution in [0.5, 0.6) is 5.75 Å². The summed E-state index contributed by atoms with van der Waals surface area (Å²) in [5, 5.41) is 3.54. The van der Waals surface area contributed by atoms with Crippen molar-refractivity contribution >= 4 is 17.3 Å². The molecule has 0 unspecified atom stereocenters. The number of ketones is 1. The van der Waals surface area contributed by atoms with Gasteiger partial charge in [-0.05, 0) is 60.8 Å². The Morgan fingerprint density at radius 2 is 1.87 bits per heavy atom. The number of nitrogens with two attached hydrogens (primary N) is 1. The fraction of sp³-hybridized carbons (Fsp3) is 0.440. The van der Waals surface area contributed by atoms with Crippen LogP contribution in [0, 0.1) is 5.41 Å². The van der Waals surface area contributed by atoms with Gasteiger partial charge in [0.05, 0.1) is 7.11 Å². The van der Waals surface area contributed by atoms with E-state index in [-0.39, 0.29) is 17.1 Å². The topological polar surface area (TPSA) is 77.2 Å². The number of rotatable bonds is 2. The molecular weight excluding hydrogens is 374 g/mol. The van der Waals surface area contributed by atoms with Crippen molar-refractivity contribution in [3.63, 3.8) is 0 Å². The number of nitrogens with zero attached hydrogens (tertiary/aromatic N) is 1. The van der Waals surface area contributed by atoms with Crippen LogP contribution in [0.4, 0.5) is 11.5 Å². The van der Waals surface area contributed by atoms with Crippen LogP contribution in [-0.2, 0) is 17.6 Å². The molecule has 0 radical (unpaired) electrons. The minimum Gasteiger partial charge on any atom is -0.497 e. The monoisotopic (exact) mass is 403 g/mol. The van der Waals surface area contributed by atoms with Crippen LogP contribution < -0.4 is 15.8 Å². The molecule has 5 rings (SSSR count). The van der Waals surface area contributed by atoms with Crippen molar-refractivity contribution in [2.45, 2.75) is 58.3 Å². The summed E-state index contributed by atoms with van der Waals surface area (Å²) in [6, 6.07) is 8.01. The molecular formula is C25H29N3O2. The lowest BCUT2D eigenvalue weighted by Gasteiger charge is -2.40. The van der Waals surface area contributed by atoms with E-state index in [1.165, 1.54) is 5.56 Å². The molecule has 3 aliphatic rings. The normalized spacial score (nSPS) is 22.0. The molecule has 30 heavy (non-hydrogen) atoms. The summed E-state index contributed by atoms with van der Waals surface area (Å²) in [6.07, 6.45) is 5.60. The molecule has 1 aromatic heterocycles. The molecule has 0 saturated heterocycles. The lowest BCUT2D eigenvalue weighted by atomic mass is 9.68. The second-order valence-corrected chi connectivity index (χ2v) is 9.58. The fourth-order valence-corrected chi connectivity index (χ4v) is 5.37. The summed E-state index contributed by atoms with van der Waals surface area (Å²) in [7, 11) is 1.66. The number of nitrogen functional groups attached to an aromatic ring is 1. The second kappa shape index (κ2) is 6.86. The summed E-state index contributed by atoms with van der Waals surface area (Å²) in [5.74, 6) is 1.65. The number of hydrogen-bond acceptors (Lipinski definition) is 5. The third-order valence-corrected chi connectivity index (χ3v) is 6.77. The molecule has 2 aliphatic carbocycles. The highest BCUT2D eigenvalue weighted by molar-refractivity contribution is 6.02. The third kappa shape index (κ3) is 2.99. The van der Waals surface area contributed by atoms with Crippen LogP contribution in [-0.4, -0.2) is 17.9 Å². The zero-order chi connectivity index (χ0) is 21.0. The highest BCUT2D eigenvalue weighted by atomic mass is 16.5. The van der Waals surface area contributed by atoms with Crippen LogP contribution in [0.25, 0.3) is 0 Å². The van der Waals surface area contributed by atoms with E-state index in [9.17, 15) is 4.79 Å². The number of nitrogens with one attached hydrogen (secondary N) is 1. The van der Waals surface area contributed by atoms with Crippen molar-refractivity contribution in [1.82, 2.24) is 4.98 Å². The summed E-state index contributed by atoms with van der Waals surface area (Å²) < 4.78 is 5.35. The Labute approximate surface area is 177 Å². The third-order valence-electron chi connectivity index (χ3n) is 6.77. The van der Waals surface area contributed by atoms with Crippen LogP contribution in [0.15, 0.2) is 35.5 Å². The minimum atomic E-state index is -0.189. The molecule has 0 spiro atoms. The van der Waals surface area contributed by atoms with Gasteiger partial charge in [-0.25, -0.2) is 4.98 Å². The second-order valence-electron chi connectivity index (χ2n) is 9.58.